The van der Waals surface area contributed by atoms with Gasteiger partial charge in [0.1, 0.15) is 11.5 Å². The summed E-state index contributed by atoms with van der Waals surface area (Å²) in [5.41, 5.74) is 0.475. The van der Waals surface area contributed by atoms with Crippen LogP contribution in [-0.4, -0.2) is 12.1 Å². The fourth-order valence-electron chi connectivity index (χ4n) is 2.33. The quantitative estimate of drug-likeness (QED) is 0.806. The summed E-state index contributed by atoms with van der Waals surface area (Å²) in [6.07, 6.45) is -2.42. The van der Waals surface area contributed by atoms with Crippen LogP contribution in [0.5, 0.6) is 5.75 Å². The van der Waals surface area contributed by atoms with E-state index in [4.69, 9.17) is 0 Å². The lowest BCUT2D eigenvalue weighted by molar-refractivity contribution is -0.275. The van der Waals surface area contributed by atoms with Gasteiger partial charge in [0.2, 0.25) is 0 Å². The van der Waals surface area contributed by atoms with Crippen molar-refractivity contribution in [3.63, 3.8) is 0 Å². The minimum Gasteiger partial charge on any atom is -0.405 e. The molecule has 98 valence electrons. The predicted octanol–water partition coefficient (Wildman–Crippen LogP) is 3.81. The molecule has 0 amide bonds. The van der Waals surface area contributed by atoms with Gasteiger partial charge in [0.05, 0.1) is 0 Å². The van der Waals surface area contributed by atoms with Crippen LogP contribution in [0.2, 0.25) is 0 Å². The topological polar surface area (TPSA) is 26.3 Å². The first-order chi connectivity index (χ1) is 8.46. The Balaban J connectivity index is 2.24. The largest absolute Gasteiger partial charge is 0.573 e. The Hall–Kier alpha value is -1.52. The van der Waals surface area contributed by atoms with Crippen LogP contribution in [0.3, 0.4) is 0 Å². The van der Waals surface area contributed by atoms with E-state index in [9.17, 15) is 18.0 Å². The summed E-state index contributed by atoms with van der Waals surface area (Å²) in [5, 5.41) is 0. The molecule has 1 aliphatic rings. The van der Waals surface area contributed by atoms with Crippen LogP contribution in [0.1, 0.15) is 37.2 Å². The standard InChI is InChI=1S/C13H13F3O2/c14-13(15,16)18-12-7-2-1-6-11(12)9-4-3-5-10(17)8-9/h1-2,6-7,9H,3-5,8H2. The first kappa shape index (κ1) is 12.9. The second-order valence-electron chi connectivity index (χ2n) is 4.42. The molecular formula is C13H13F3O2. The number of carbonyl (C=O) groups excluding carboxylic acids is 1. The van der Waals surface area contributed by atoms with E-state index in [0.717, 1.165) is 12.8 Å². The van der Waals surface area contributed by atoms with Gasteiger partial charge in [0.25, 0.3) is 0 Å². The Kier molecular flexibility index (Phi) is 3.59. The van der Waals surface area contributed by atoms with Crippen molar-refractivity contribution in [2.45, 2.75) is 38.0 Å². The van der Waals surface area contributed by atoms with Gasteiger partial charge in [-0.3, -0.25) is 4.79 Å². The van der Waals surface area contributed by atoms with Gasteiger partial charge in [-0.2, -0.15) is 0 Å². The first-order valence-corrected chi connectivity index (χ1v) is 5.82. The van der Waals surface area contributed by atoms with Crippen molar-refractivity contribution in [2.75, 3.05) is 0 Å². The third-order valence-electron chi connectivity index (χ3n) is 3.07. The number of hydrogen-bond donors (Lipinski definition) is 0. The minimum atomic E-state index is -4.70. The second-order valence-corrected chi connectivity index (χ2v) is 4.42. The Morgan fingerprint density at radius 2 is 1.94 bits per heavy atom. The summed E-state index contributed by atoms with van der Waals surface area (Å²) < 4.78 is 40.8. The van der Waals surface area contributed by atoms with E-state index in [1.165, 1.54) is 12.1 Å². The number of alkyl halides is 3. The molecular weight excluding hydrogens is 245 g/mol. The minimum absolute atomic E-state index is 0.105. The van der Waals surface area contributed by atoms with Gasteiger partial charge in [0, 0.05) is 12.8 Å². The Morgan fingerprint density at radius 3 is 2.61 bits per heavy atom. The molecule has 0 bridgehead atoms. The molecule has 0 saturated heterocycles. The number of carbonyl (C=O) groups is 1. The van der Waals surface area contributed by atoms with Crippen molar-refractivity contribution in [3.05, 3.63) is 29.8 Å². The van der Waals surface area contributed by atoms with Crippen LogP contribution < -0.4 is 4.74 Å². The van der Waals surface area contributed by atoms with Gasteiger partial charge < -0.3 is 4.74 Å². The fraction of sp³-hybridized carbons (Fsp3) is 0.462. The molecule has 1 fully saturated rings. The number of ketones is 1. The summed E-state index contributed by atoms with van der Waals surface area (Å²) in [5.74, 6) is -0.248. The van der Waals surface area contributed by atoms with Crippen molar-refractivity contribution in [1.29, 1.82) is 0 Å². The highest BCUT2D eigenvalue weighted by atomic mass is 19.4. The predicted molar refractivity (Wildman–Crippen MR) is 59.3 cm³/mol. The van der Waals surface area contributed by atoms with Crippen LogP contribution >= 0.6 is 0 Å². The van der Waals surface area contributed by atoms with E-state index in [-0.39, 0.29) is 17.5 Å². The number of para-hydroxylation sites is 1. The van der Waals surface area contributed by atoms with Crippen molar-refractivity contribution in [1.82, 2.24) is 0 Å². The van der Waals surface area contributed by atoms with Crippen molar-refractivity contribution >= 4 is 5.78 Å². The summed E-state index contributed by atoms with van der Waals surface area (Å²) in [6, 6.07) is 6.05. The van der Waals surface area contributed by atoms with E-state index in [1.807, 2.05) is 0 Å². The van der Waals surface area contributed by atoms with Crippen LogP contribution in [0.4, 0.5) is 13.2 Å². The zero-order valence-electron chi connectivity index (χ0n) is 9.67. The molecule has 2 nitrogen and oxygen atoms in total. The second kappa shape index (κ2) is 5.00. The van der Waals surface area contributed by atoms with Crippen molar-refractivity contribution in [3.8, 4) is 5.75 Å². The van der Waals surface area contributed by atoms with E-state index < -0.39 is 6.36 Å². The molecule has 0 radical (unpaired) electrons. The summed E-state index contributed by atoms with van der Waals surface area (Å²) in [7, 11) is 0. The van der Waals surface area contributed by atoms with Crippen LogP contribution in [0.15, 0.2) is 24.3 Å². The maximum atomic E-state index is 12.3. The number of benzene rings is 1. The molecule has 0 heterocycles. The molecule has 1 saturated carbocycles. The maximum absolute atomic E-state index is 12.3. The summed E-state index contributed by atoms with van der Waals surface area (Å²) in [6.45, 7) is 0. The molecule has 0 aliphatic heterocycles. The van der Waals surface area contributed by atoms with Gasteiger partial charge in [-0.05, 0) is 30.4 Å². The van der Waals surface area contributed by atoms with Crippen LogP contribution in [0.25, 0.3) is 0 Å². The van der Waals surface area contributed by atoms with E-state index >= 15 is 0 Å². The van der Waals surface area contributed by atoms with Crippen LogP contribution in [0, 0.1) is 0 Å². The highest BCUT2D eigenvalue weighted by molar-refractivity contribution is 5.80. The average molecular weight is 258 g/mol. The molecule has 1 unspecified atom stereocenters. The third kappa shape index (κ3) is 3.24. The number of hydrogen-bond acceptors (Lipinski definition) is 2. The monoisotopic (exact) mass is 258 g/mol. The van der Waals surface area contributed by atoms with Gasteiger partial charge in [-0.25, -0.2) is 0 Å². The molecule has 0 aromatic heterocycles. The average Bonchev–Trinajstić information content (AvgIpc) is 2.27. The third-order valence-corrected chi connectivity index (χ3v) is 3.07. The summed E-state index contributed by atoms with van der Waals surface area (Å²) in [4.78, 5) is 11.4. The van der Waals surface area contributed by atoms with Crippen molar-refractivity contribution in [2.24, 2.45) is 0 Å². The van der Waals surface area contributed by atoms with Gasteiger partial charge >= 0.3 is 6.36 Å². The zero-order valence-corrected chi connectivity index (χ0v) is 9.67. The van der Waals surface area contributed by atoms with Gasteiger partial charge in [-0.1, -0.05) is 18.2 Å². The SMILES string of the molecule is O=C1CCCC(c2ccccc2OC(F)(F)F)C1. The molecule has 1 aliphatic carbocycles. The lowest BCUT2D eigenvalue weighted by Gasteiger charge is -2.23. The maximum Gasteiger partial charge on any atom is 0.573 e. The number of rotatable bonds is 2. The number of ether oxygens (including phenoxy) is 1. The van der Waals surface area contributed by atoms with E-state index in [1.54, 1.807) is 12.1 Å². The normalized spacial score (nSPS) is 20.8. The molecule has 0 N–H and O–H groups in total. The molecule has 0 spiro atoms. The highest BCUT2D eigenvalue weighted by Crippen LogP contribution is 2.37. The molecule has 1 aromatic rings. The lowest BCUT2D eigenvalue weighted by Crippen LogP contribution is -2.20. The Labute approximate surface area is 103 Å². The Morgan fingerprint density at radius 1 is 1.22 bits per heavy atom. The summed E-state index contributed by atoms with van der Waals surface area (Å²) >= 11 is 0. The van der Waals surface area contributed by atoms with Gasteiger partial charge in [-0.15, -0.1) is 13.2 Å². The molecule has 1 atom stereocenters. The fourth-order valence-corrected chi connectivity index (χ4v) is 2.33. The van der Waals surface area contributed by atoms with E-state index in [0.29, 0.717) is 18.4 Å². The lowest BCUT2D eigenvalue weighted by atomic mass is 9.83. The molecule has 18 heavy (non-hydrogen) atoms. The highest BCUT2D eigenvalue weighted by Gasteiger charge is 2.33. The van der Waals surface area contributed by atoms with Crippen LogP contribution in [-0.2, 0) is 4.79 Å². The first-order valence-electron chi connectivity index (χ1n) is 5.82. The Bertz CT molecular complexity index is 440. The van der Waals surface area contributed by atoms with Crippen molar-refractivity contribution < 1.29 is 22.7 Å². The number of Topliss-reactive ketones (excluding diaryl/α,β-unsaturated/α-hetero) is 1. The molecule has 1 aromatic carbocycles. The zero-order chi connectivity index (χ0) is 13.2. The van der Waals surface area contributed by atoms with E-state index in [2.05, 4.69) is 4.74 Å². The number of halogens is 3. The van der Waals surface area contributed by atoms with Gasteiger partial charge in [0.15, 0.2) is 0 Å². The molecule has 2 rings (SSSR count). The smallest absolute Gasteiger partial charge is 0.405 e. The molecule has 5 heteroatoms.